The van der Waals surface area contributed by atoms with E-state index in [1.165, 1.54) is 10.6 Å². The number of imidazole rings is 1. The molecule has 4 rings (SSSR count). The molecule has 2 atom stereocenters. The number of carbonyl (C=O) groups is 1. The zero-order valence-corrected chi connectivity index (χ0v) is 16.5. The van der Waals surface area contributed by atoms with E-state index < -0.39 is 10.0 Å². The average molecular weight is 408 g/mol. The van der Waals surface area contributed by atoms with Crippen LogP contribution in [0.1, 0.15) is 6.42 Å². The topological polar surface area (TPSA) is 105 Å². The Hall–Kier alpha value is -2.17. The number of fused-ring (bicyclic) bond motifs is 4. The lowest BCUT2D eigenvalue weighted by atomic mass is 10.1. The summed E-state index contributed by atoms with van der Waals surface area (Å²) in [5, 5.41) is 0. The Kier molecular flexibility index (Phi) is 5.02. The van der Waals surface area contributed by atoms with E-state index in [1.54, 1.807) is 9.47 Å². The van der Waals surface area contributed by atoms with E-state index in [0.29, 0.717) is 26.3 Å². The third-order valence-corrected chi connectivity index (χ3v) is 6.69. The number of H-pyrrole nitrogens is 1. The van der Waals surface area contributed by atoms with Crippen LogP contribution in [0, 0.1) is 5.92 Å². The van der Waals surface area contributed by atoms with Crippen LogP contribution in [0.3, 0.4) is 0 Å². The van der Waals surface area contributed by atoms with E-state index in [-0.39, 0.29) is 43.1 Å². The minimum atomic E-state index is -3.33. The van der Waals surface area contributed by atoms with Crippen LogP contribution in [-0.2, 0) is 26.1 Å². The van der Waals surface area contributed by atoms with E-state index in [2.05, 4.69) is 4.98 Å². The fraction of sp³-hybridized carbons (Fsp3) is 0.556. The quantitative estimate of drug-likeness (QED) is 0.757. The molecular weight excluding hydrogens is 384 g/mol. The minimum Gasteiger partial charge on any atom is -0.379 e. The monoisotopic (exact) mass is 408 g/mol. The van der Waals surface area contributed by atoms with Crippen LogP contribution >= 0.6 is 0 Å². The molecule has 9 nitrogen and oxygen atoms in total. The summed E-state index contributed by atoms with van der Waals surface area (Å²) in [6.07, 6.45) is 1.37. The van der Waals surface area contributed by atoms with E-state index in [0.717, 1.165) is 11.0 Å². The van der Waals surface area contributed by atoms with Gasteiger partial charge >= 0.3 is 5.69 Å². The lowest BCUT2D eigenvalue weighted by Crippen LogP contribution is -2.47. The minimum absolute atomic E-state index is 0.0537. The van der Waals surface area contributed by atoms with Gasteiger partial charge < -0.3 is 14.6 Å². The van der Waals surface area contributed by atoms with Crippen LogP contribution < -0.4 is 5.69 Å². The summed E-state index contributed by atoms with van der Waals surface area (Å²) in [5.41, 5.74) is 1.26. The molecule has 2 aromatic rings. The number of rotatable bonds is 4. The number of nitrogens with zero attached hydrogens (tertiary/aromatic N) is 3. The van der Waals surface area contributed by atoms with Crippen LogP contribution in [-0.4, -0.2) is 78.2 Å². The first-order valence-corrected chi connectivity index (χ1v) is 11.2. The Bertz CT molecular complexity index is 1040. The Labute approximate surface area is 162 Å². The number of nitrogens with one attached hydrogen (secondary N) is 1. The molecule has 3 heterocycles. The van der Waals surface area contributed by atoms with Gasteiger partial charge in [-0.2, -0.15) is 4.31 Å². The summed E-state index contributed by atoms with van der Waals surface area (Å²) in [5.74, 6) is -0.144. The van der Waals surface area contributed by atoms with Gasteiger partial charge in [-0.05, 0) is 12.1 Å². The number of ether oxygens (including phenoxy) is 1. The summed E-state index contributed by atoms with van der Waals surface area (Å²) in [4.78, 5) is 29.7. The highest BCUT2D eigenvalue weighted by atomic mass is 32.2. The van der Waals surface area contributed by atoms with Gasteiger partial charge in [0.15, 0.2) is 0 Å². The molecule has 1 aromatic heterocycles. The van der Waals surface area contributed by atoms with Crippen LogP contribution in [0.15, 0.2) is 29.1 Å². The standard InChI is InChI=1S/C18H24N4O5S/c1-28(25,26)20-8-13-9-22(14(10-20)12-27-11-13)17(23)6-7-21-16-5-3-2-4-15(16)19-18(21)24/h2-5,13-14H,6-12H2,1H3,(H,19,24)/t13-,14-/m0/s1. The van der Waals surface area contributed by atoms with Crippen LogP contribution in [0.4, 0.5) is 0 Å². The van der Waals surface area contributed by atoms with Crippen molar-refractivity contribution in [3.63, 3.8) is 0 Å². The van der Waals surface area contributed by atoms with Gasteiger partial charge in [0.2, 0.25) is 15.9 Å². The van der Waals surface area contributed by atoms with Gasteiger partial charge in [0.25, 0.3) is 0 Å². The van der Waals surface area contributed by atoms with Gasteiger partial charge in [0.05, 0.1) is 36.5 Å². The second-order valence-corrected chi connectivity index (χ2v) is 9.51. The number of para-hydroxylation sites is 2. The van der Waals surface area contributed by atoms with E-state index in [9.17, 15) is 18.0 Å². The van der Waals surface area contributed by atoms with Crippen LogP contribution in [0.5, 0.6) is 0 Å². The summed E-state index contributed by atoms with van der Waals surface area (Å²) in [7, 11) is -3.33. The molecule has 1 amide bonds. The van der Waals surface area contributed by atoms with E-state index in [1.807, 2.05) is 24.3 Å². The fourth-order valence-electron chi connectivity index (χ4n) is 4.06. The molecule has 2 aliphatic rings. The maximum atomic E-state index is 13.0. The molecule has 152 valence electrons. The van der Waals surface area contributed by atoms with Gasteiger partial charge in [-0.25, -0.2) is 13.2 Å². The van der Waals surface area contributed by atoms with Gasteiger partial charge in [0, 0.05) is 38.5 Å². The molecule has 2 fully saturated rings. The lowest BCUT2D eigenvalue weighted by molar-refractivity contribution is -0.134. The Morgan fingerprint density at radius 3 is 2.79 bits per heavy atom. The number of aryl methyl sites for hydroxylation is 1. The maximum Gasteiger partial charge on any atom is 0.326 e. The van der Waals surface area contributed by atoms with Gasteiger partial charge in [-0.1, -0.05) is 12.1 Å². The number of benzene rings is 1. The van der Waals surface area contributed by atoms with Crippen molar-refractivity contribution in [2.24, 2.45) is 5.92 Å². The van der Waals surface area contributed by atoms with Crippen LogP contribution in [0.2, 0.25) is 0 Å². The molecule has 2 bridgehead atoms. The molecule has 2 aliphatic heterocycles. The molecule has 0 radical (unpaired) electrons. The highest BCUT2D eigenvalue weighted by molar-refractivity contribution is 7.88. The van der Waals surface area contributed by atoms with Crippen molar-refractivity contribution in [3.05, 3.63) is 34.7 Å². The molecule has 0 aliphatic carbocycles. The van der Waals surface area contributed by atoms with Crippen molar-refractivity contribution in [1.82, 2.24) is 18.8 Å². The van der Waals surface area contributed by atoms with Crippen molar-refractivity contribution >= 4 is 27.0 Å². The van der Waals surface area contributed by atoms with Gasteiger partial charge in [-0.15, -0.1) is 0 Å². The Morgan fingerprint density at radius 2 is 2.00 bits per heavy atom. The number of carbonyl (C=O) groups excluding carboxylic acids is 1. The van der Waals surface area contributed by atoms with Crippen molar-refractivity contribution in [1.29, 1.82) is 0 Å². The summed E-state index contributed by atoms with van der Waals surface area (Å²) in [6.45, 7) is 2.11. The fourth-order valence-corrected chi connectivity index (χ4v) is 4.98. The lowest BCUT2D eigenvalue weighted by Gasteiger charge is -2.30. The predicted octanol–water partition coefficient (Wildman–Crippen LogP) is -0.161. The molecule has 2 saturated heterocycles. The normalized spacial score (nSPS) is 23.7. The molecule has 10 heteroatoms. The van der Waals surface area contributed by atoms with E-state index >= 15 is 0 Å². The summed E-state index contributed by atoms with van der Waals surface area (Å²) < 4.78 is 32.7. The Morgan fingerprint density at radius 1 is 1.21 bits per heavy atom. The molecule has 0 saturated carbocycles. The van der Waals surface area contributed by atoms with Gasteiger partial charge in [-0.3, -0.25) is 9.36 Å². The number of sulfonamides is 1. The first-order valence-electron chi connectivity index (χ1n) is 9.33. The van der Waals surface area contributed by atoms with Crippen molar-refractivity contribution in [2.45, 2.75) is 19.0 Å². The van der Waals surface area contributed by atoms with Crippen molar-refractivity contribution < 1.29 is 17.9 Å². The molecule has 0 unspecified atom stereocenters. The molecule has 28 heavy (non-hydrogen) atoms. The third-order valence-electron chi connectivity index (χ3n) is 5.46. The van der Waals surface area contributed by atoms with Crippen molar-refractivity contribution in [2.75, 3.05) is 39.1 Å². The summed E-state index contributed by atoms with van der Waals surface area (Å²) in [6, 6.07) is 7.05. The zero-order chi connectivity index (χ0) is 19.9. The van der Waals surface area contributed by atoms with Crippen LogP contribution in [0.25, 0.3) is 11.0 Å². The van der Waals surface area contributed by atoms with E-state index in [4.69, 9.17) is 4.74 Å². The smallest absolute Gasteiger partial charge is 0.326 e. The highest BCUT2D eigenvalue weighted by Crippen LogP contribution is 2.22. The first-order chi connectivity index (χ1) is 13.3. The Balaban J connectivity index is 1.51. The van der Waals surface area contributed by atoms with Crippen molar-refractivity contribution in [3.8, 4) is 0 Å². The number of hydrogen-bond donors (Lipinski definition) is 1. The average Bonchev–Trinajstić information content (AvgIpc) is 2.77. The molecule has 1 aromatic carbocycles. The second-order valence-electron chi connectivity index (χ2n) is 7.53. The predicted molar refractivity (Wildman–Crippen MR) is 103 cm³/mol. The largest absolute Gasteiger partial charge is 0.379 e. The summed E-state index contributed by atoms with van der Waals surface area (Å²) >= 11 is 0. The van der Waals surface area contributed by atoms with Gasteiger partial charge in [0.1, 0.15) is 0 Å². The number of hydrogen-bond acceptors (Lipinski definition) is 5. The molecule has 0 spiro atoms. The molecular formula is C18H24N4O5S. The number of amides is 1. The third kappa shape index (κ3) is 3.71. The highest BCUT2D eigenvalue weighted by Gasteiger charge is 2.38. The first kappa shape index (κ1) is 19.2. The zero-order valence-electron chi connectivity index (χ0n) is 15.7. The molecule has 1 N–H and O–H groups in total. The number of aromatic nitrogens is 2. The SMILES string of the molecule is CS(=O)(=O)N1C[C@@H]2COC[C@H](C1)N(C(=O)CCn1c(=O)[nH]c3ccccc31)C2. The second kappa shape index (κ2) is 7.34. The maximum absolute atomic E-state index is 13.0. The number of aromatic amines is 1.